The topological polar surface area (TPSA) is 12.5 Å². The molecule has 0 aliphatic carbocycles. The number of hydrogen-bond acceptors (Lipinski definition) is 2. The number of hydrogen-bond donors (Lipinski definition) is 0. The molecule has 1 aromatic carbocycles. The van der Waals surface area contributed by atoms with Crippen LogP contribution < -0.4 is 4.74 Å². The van der Waals surface area contributed by atoms with Crippen molar-refractivity contribution in [2.75, 3.05) is 33.1 Å². The Balaban J connectivity index is 2.60. The molecule has 0 spiro atoms. The SMILES string of the molecule is Cc1cc(C#CCCCl)ccc1OCCN(C)C. The quantitative estimate of drug-likeness (QED) is 0.600. The predicted molar refractivity (Wildman–Crippen MR) is 77.4 cm³/mol. The zero-order valence-electron chi connectivity index (χ0n) is 11.3. The van der Waals surface area contributed by atoms with E-state index in [2.05, 4.69) is 16.7 Å². The summed E-state index contributed by atoms with van der Waals surface area (Å²) < 4.78 is 5.72. The monoisotopic (exact) mass is 265 g/mol. The smallest absolute Gasteiger partial charge is 0.122 e. The lowest BCUT2D eigenvalue weighted by Crippen LogP contribution is -2.19. The van der Waals surface area contributed by atoms with Gasteiger partial charge in [0.25, 0.3) is 0 Å². The first-order chi connectivity index (χ1) is 8.63. The minimum Gasteiger partial charge on any atom is -0.492 e. The standard InChI is InChI=1S/C15H20ClNO/c1-13-12-14(6-4-5-9-16)7-8-15(13)18-11-10-17(2)3/h7-8,12H,5,9-11H2,1-3H3. The Labute approximate surface area is 115 Å². The van der Waals surface area contributed by atoms with E-state index in [1.54, 1.807) is 0 Å². The van der Waals surface area contributed by atoms with Crippen LogP contribution in [0.5, 0.6) is 5.75 Å². The molecule has 0 aliphatic heterocycles. The molecule has 0 atom stereocenters. The molecule has 0 aromatic heterocycles. The van der Waals surface area contributed by atoms with Gasteiger partial charge in [-0.25, -0.2) is 0 Å². The second-order valence-electron chi connectivity index (χ2n) is 4.37. The van der Waals surface area contributed by atoms with Crippen molar-refractivity contribution in [3.05, 3.63) is 29.3 Å². The van der Waals surface area contributed by atoms with Crippen molar-refractivity contribution >= 4 is 11.6 Å². The van der Waals surface area contributed by atoms with Crippen LogP contribution in [-0.4, -0.2) is 38.0 Å². The summed E-state index contributed by atoms with van der Waals surface area (Å²) in [7, 11) is 4.07. The van der Waals surface area contributed by atoms with Crippen molar-refractivity contribution in [3.63, 3.8) is 0 Å². The summed E-state index contributed by atoms with van der Waals surface area (Å²) >= 11 is 5.58. The molecule has 0 amide bonds. The summed E-state index contributed by atoms with van der Waals surface area (Å²) in [4.78, 5) is 2.10. The molecule has 18 heavy (non-hydrogen) atoms. The van der Waals surface area contributed by atoms with Gasteiger partial charge in [-0.1, -0.05) is 11.8 Å². The number of nitrogens with zero attached hydrogens (tertiary/aromatic N) is 1. The highest BCUT2D eigenvalue weighted by Gasteiger charge is 2.00. The lowest BCUT2D eigenvalue weighted by atomic mass is 10.1. The summed E-state index contributed by atoms with van der Waals surface area (Å²) in [6.45, 7) is 3.65. The zero-order valence-corrected chi connectivity index (χ0v) is 12.0. The Hall–Kier alpha value is -1.17. The second-order valence-corrected chi connectivity index (χ2v) is 4.75. The van der Waals surface area contributed by atoms with E-state index in [4.69, 9.17) is 16.3 Å². The van der Waals surface area contributed by atoms with Gasteiger partial charge in [-0.05, 0) is 44.8 Å². The van der Waals surface area contributed by atoms with Crippen LogP contribution in [0.1, 0.15) is 17.5 Å². The van der Waals surface area contributed by atoms with Gasteiger partial charge in [0.2, 0.25) is 0 Å². The van der Waals surface area contributed by atoms with Gasteiger partial charge in [0.05, 0.1) is 0 Å². The maximum Gasteiger partial charge on any atom is 0.122 e. The van der Waals surface area contributed by atoms with Crippen LogP contribution in [0.3, 0.4) is 0 Å². The molecule has 0 N–H and O–H groups in total. The van der Waals surface area contributed by atoms with Crippen LogP contribution in [0.2, 0.25) is 0 Å². The van der Waals surface area contributed by atoms with Gasteiger partial charge in [-0.3, -0.25) is 0 Å². The average Bonchev–Trinajstić information content (AvgIpc) is 2.32. The predicted octanol–water partition coefficient (Wildman–Crippen LogP) is 2.92. The molecule has 0 bridgehead atoms. The molecule has 0 unspecified atom stereocenters. The highest BCUT2D eigenvalue weighted by atomic mass is 35.5. The van der Waals surface area contributed by atoms with E-state index in [1.165, 1.54) is 0 Å². The average molecular weight is 266 g/mol. The third kappa shape index (κ3) is 5.44. The first-order valence-corrected chi connectivity index (χ1v) is 6.60. The van der Waals surface area contributed by atoms with E-state index in [9.17, 15) is 0 Å². The van der Waals surface area contributed by atoms with Crippen LogP contribution >= 0.6 is 11.6 Å². The molecular weight excluding hydrogens is 246 g/mol. The van der Waals surface area contributed by atoms with Gasteiger partial charge in [-0.15, -0.1) is 11.6 Å². The minimum absolute atomic E-state index is 0.581. The Kier molecular flexibility index (Phi) is 6.64. The maximum absolute atomic E-state index is 5.72. The Bertz CT molecular complexity index is 432. The Morgan fingerprint density at radius 3 is 2.72 bits per heavy atom. The van der Waals surface area contributed by atoms with E-state index < -0.39 is 0 Å². The summed E-state index contributed by atoms with van der Waals surface area (Å²) in [6.07, 6.45) is 0.724. The summed E-state index contributed by atoms with van der Waals surface area (Å²) in [5.41, 5.74) is 2.13. The van der Waals surface area contributed by atoms with Gasteiger partial charge in [0.1, 0.15) is 12.4 Å². The Morgan fingerprint density at radius 1 is 1.33 bits per heavy atom. The van der Waals surface area contributed by atoms with E-state index in [1.807, 2.05) is 39.2 Å². The van der Waals surface area contributed by atoms with Gasteiger partial charge in [0, 0.05) is 24.4 Å². The van der Waals surface area contributed by atoms with Gasteiger partial charge < -0.3 is 9.64 Å². The van der Waals surface area contributed by atoms with E-state index >= 15 is 0 Å². The molecule has 0 aliphatic rings. The zero-order chi connectivity index (χ0) is 13.4. The number of aryl methyl sites for hydroxylation is 1. The number of likely N-dealkylation sites (N-methyl/N-ethyl adjacent to an activating group) is 1. The fourth-order valence-electron chi connectivity index (χ4n) is 1.44. The van der Waals surface area contributed by atoms with Crippen molar-refractivity contribution < 1.29 is 4.74 Å². The summed E-state index contributed by atoms with van der Waals surface area (Å²) in [5, 5.41) is 0. The minimum atomic E-state index is 0.581. The second kappa shape index (κ2) is 8.02. The maximum atomic E-state index is 5.72. The Morgan fingerprint density at radius 2 is 2.11 bits per heavy atom. The molecule has 2 nitrogen and oxygen atoms in total. The third-order valence-corrected chi connectivity index (χ3v) is 2.61. The molecule has 0 radical (unpaired) electrons. The molecule has 0 fully saturated rings. The van der Waals surface area contributed by atoms with Crippen LogP contribution in [0.4, 0.5) is 0 Å². The largest absolute Gasteiger partial charge is 0.492 e. The lowest BCUT2D eigenvalue weighted by molar-refractivity contribution is 0.260. The number of halogens is 1. The number of rotatable bonds is 5. The molecule has 1 aromatic rings. The highest BCUT2D eigenvalue weighted by molar-refractivity contribution is 6.18. The van der Waals surface area contributed by atoms with E-state index in [0.717, 1.165) is 29.8 Å². The van der Waals surface area contributed by atoms with Crippen molar-refractivity contribution in [1.82, 2.24) is 4.90 Å². The van der Waals surface area contributed by atoms with Gasteiger partial charge in [-0.2, -0.15) is 0 Å². The third-order valence-electron chi connectivity index (χ3n) is 2.42. The molecule has 0 heterocycles. The van der Waals surface area contributed by atoms with Crippen LogP contribution in [0.15, 0.2) is 18.2 Å². The van der Waals surface area contributed by atoms with Crippen molar-refractivity contribution in [1.29, 1.82) is 0 Å². The first kappa shape index (κ1) is 14.9. The molecule has 3 heteroatoms. The summed E-state index contributed by atoms with van der Waals surface area (Å²) in [5.74, 6) is 7.63. The lowest BCUT2D eigenvalue weighted by Gasteiger charge is -2.12. The number of alkyl halides is 1. The summed E-state index contributed by atoms with van der Waals surface area (Å²) in [6, 6.07) is 6.02. The van der Waals surface area contributed by atoms with Gasteiger partial charge >= 0.3 is 0 Å². The number of benzene rings is 1. The molecule has 0 saturated carbocycles. The van der Waals surface area contributed by atoms with Crippen LogP contribution in [0, 0.1) is 18.8 Å². The fourth-order valence-corrected chi connectivity index (χ4v) is 1.53. The van der Waals surface area contributed by atoms with Crippen molar-refractivity contribution in [3.8, 4) is 17.6 Å². The molecule has 1 rings (SSSR count). The van der Waals surface area contributed by atoms with Crippen LogP contribution in [-0.2, 0) is 0 Å². The van der Waals surface area contributed by atoms with E-state index in [-0.39, 0.29) is 0 Å². The molecule has 98 valence electrons. The van der Waals surface area contributed by atoms with Crippen molar-refractivity contribution in [2.45, 2.75) is 13.3 Å². The normalized spacial score (nSPS) is 10.1. The van der Waals surface area contributed by atoms with Crippen molar-refractivity contribution in [2.24, 2.45) is 0 Å². The highest BCUT2D eigenvalue weighted by Crippen LogP contribution is 2.18. The number of ether oxygens (including phenoxy) is 1. The fraction of sp³-hybridized carbons (Fsp3) is 0.467. The molecular formula is C15H20ClNO. The van der Waals surface area contributed by atoms with E-state index in [0.29, 0.717) is 12.5 Å². The molecule has 0 saturated heterocycles. The first-order valence-electron chi connectivity index (χ1n) is 6.06. The van der Waals surface area contributed by atoms with Gasteiger partial charge in [0.15, 0.2) is 0 Å². The van der Waals surface area contributed by atoms with Crippen LogP contribution in [0.25, 0.3) is 0 Å².